The second-order valence-corrected chi connectivity index (χ2v) is 7.20. The van der Waals surface area contributed by atoms with Crippen LogP contribution >= 0.6 is 24.0 Å². The first-order valence-electron chi connectivity index (χ1n) is 9.44. The molecule has 0 aromatic heterocycles. The lowest BCUT2D eigenvalue weighted by atomic mass is 10.1. The number of piperidine rings is 1. The number of hydrogen-bond donors (Lipinski definition) is 2. The van der Waals surface area contributed by atoms with E-state index in [1.807, 2.05) is 7.05 Å². The molecule has 4 aliphatic heterocycles. The minimum Gasteiger partial charge on any atom is -0.355 e. The van der Waals surface area contributed by atoms with Crippen LogP contribution in [0, 0.1) is 0 Å². The number of fused-ring (bicyclic) bond motifs is 3. The topological polar surface area (TPSA) is 46.1 Å². The van der Waals surface area contributed by atoms with Gasteiger partial charge < -0.3 is 15.5 Å². The summed E-state index contributed by atoms with van der Waals surface area (Å²) in [6.07, 6.45) is 3.71. The Hall–Kier alpha value is -0.120. The zero-order chi connectivity index (χ0) is 16.1. The first-order valence-corrected chi connectivity index (χ1v) is 9.44. The summed E-state index contributed by atoms with van der Waals surface area (Å²) in [6, 6.07) is 1.21. The van der Waals surface area contributed by atoms with Gasteiger partial charge in [-0.05, 0) is 25.8 Å². The number of piperazine rings is 3. The van der Waals surface area contributed by atoms with Crippen LogP contribution < -0.4 is 10.6 Å². The number of likely N-dealkylation sites (tertiary alicyclic amines) is 1. The van der Waals surface area contributed by atoms with Crippen LogP contribution in [-0.2, 0) is 0 Å². The second kappa shape index (κ2) is 10.1. The van der Waals surface area contributed by atoms with Gasteiger partial charge in [0.25, 0.3) is 0 Å². The van der Waals surface area contributed by atoms with E-state index in [4.69, 9.17) is 0 Å². The number of hydrogen-bond acceptors (Lipinski definition) is 4. The molecule has 1 atom stereocenters. The summed E-state index contributed by atoms with van der Waals surface area (Å²) in [7, 11) is 1.89. The average molecular weight is 450 g/mol. The Morgan fingerprint density at radius 2 is 1.79 bits per heavy atom. The van der Waals surface area contributed by atoms with Gasteiger partial charge in [0, 0.05) is 71.5 Å². The maximum absolute atomic E-state index is 4.43. The molecule has 4 rings (SSSR count). The number of nitrogens with one attached hydrogen (secondary N) is 2. The third-order valence-corrected chi connectivity index (χ3v) is 5.59. The highest BCUT2D eigenvalue weighted by atomic mass is 127. The molecule has 4 heterocycles. The van der Waals surface area contributed by atoms with E-state index in [0.29, 0.717) is 12.1 Å². The molecule has 0 aromatic carbocycles. The van der Waals surface area contributed by atoms with Crippen molar-refractivity contribution in [3.05, 3.63) is 0 Å². The summed E-state index contributed by atoms with van der Waals surface area (Å²) in [4.78, 5) is 12.2. The molecule has 2 bridgehead atoms. The lowest BCUT2D eigenvalue weighted by Gasteiger charge is -2.47. The smallest absolute Gasteiger partial charge is 0.191 e. The van der Waals surface area contributed by atoms with Crippen LogP contribution in [0.2, 0.25) is 0 Å². The second-order valence-electron chi connectivity index (χ2n) is 7.20. The van der Waals surface area contributed by atoms with E-state index in [9.17, 15) is 0 Å². The Morgan fingerprint density at radius 3 is 2.33 bits per heavy atom. The first kappa shape index (κ1) is 20.2. The van der Waals surface area contributed by atoms with Crippen molar-refractivity contribution in [1.29, 1.82) is 0 Å². The molecule has 1 unspecified atom stereocenters. The van der Waals surface area contributed by atoms with Gasteiger partial charge >= 0.3 is 0 Å². The van der Waals surface area contributed by atoms with Crippen LogP contribution in [0.1, 0.15) is 26.2 Å². The summed E-state index contributed by atoms with van der Waals surface area (Å²) < 4.78 is 0. The standard InChI is InChI=1S/C17H34N6.HI/c1-3-6-21-7-4-15(5-8-21)20-17(18-2)19-13-16-14-22-9-11-23(16)12-10-22;/h15-16H,3-14H2,1-2H3,(H2,18,19,20);1H. The fourth-order valence-corrected chi connectivity index (χ4v) is 4.14. The van der Waals surface area contributed by atoms with Gasteiger partial charge in [-0.1, -0.05) is 6.92 Å². The van der Waals surface area contributed by atoms with Gasteiger partial charge in [-0.25, -0.2) is 0 Å². The van der Waals surface area contributed by atoms with Crippen molar-refractivity contribution in [2.45, 2.75) is 38.3 Å². The van der Waals surface area contributed by atoms with Crippen LogP contribution in [0.15, 0.2) is 4.99 Å². The third-order valence-electron chi connectivity index (χ3n) is 5.59. The van der Waals surface area contributed by atoms with E-state index in [1.165, 1.54) is 71.6 Å². The van der Waals surface area contributed by atoms with Gasteiger partial charge in [-0.3, -0.25) is 14.8 Å². The monoisotopic (exact) mass is 450 g/mol. The van der Waals surface area contributed by atoms with Crippen LogP contribution in [0.5, 0.6) is 0 Å². The van der Waals surface area contributed by atoms with E-state index < -0.39 is 0 Å². The van der Waals surface area contributed by atoms with E-state index >= 15 is 0 Å². The van der Waals surface area contributed by atoms with E-state index in [2.05, 4.69) is 37.2 Å². The Bertz CT molecular complexity index is 389. The molecule has 0 amide bonds. The summed E-state index contributed by atoms with van der Waals surface area (Å²) in [5, 5.41) is 7.20. The van der Waals surface area contributed by atoms with Crippen molar-refractivity contribution >= 4 is 29.9 Å². The summed E-state index contributed by atoms with van der Waals surface area (Å²) in [5.74, 6) is 0.983. The fourth-order valence-electron chi connectivity index (χ4n) is 4.14. The number of rotatable bonds is 5. The SMILES string of the molecule is CCCN1CCC(NC(=NC)NCC2CN3CCN2CC3)CC1.I. The molecule has 0 spiro atoms. The third kappa shape index (κ3) is 5.44. The van der Waals surface area contributed by atoms with Gasteiger partial charge in [0.05, 0.1) is 0 Å². The minimum absolute atomic E-state index is 0. The molecule has 0 saturated carbocycles. The first-order chi connectivity index (χ1) is 11.3. The van der Waals surface area contributed by atoms with Crippen LogP contribution in [0.25, 0.3) is 0 Å². The van der Waals surface area contributed by atoms with Gasteiger partial charge in [-0.15, -0.1) is 24.0 Å². The van der Waals surface area contributed by atoms with Crippen molar-refractivity contribution in [3.8, 4) is 0 Å². The average Bonchev–Trinajstić information content (AvgIpc) is 2.61. The van der Waals surface area contributed by atoms with Crippen molar-refractivity contribution in [2.75, 3.05) is 66.0 Å². The molecule has 4 fully saturated rings. The molecule has 4 saturated heterocycles. The summed E-state index contributed by atoms with van der Waals surface area (Å²) in [5.41, 5.74) is 0. The number of guanidine groups is 1. The van der Waals surface area contributed by atoms with Gasteiger partial charge in [-0.2, -0.15) is 0 Å². The minimum atomic E-state index is 0. The molecule has 140 valence electrons. The predicted molar refractivity (Wildman–Crippen MR) is 111 cm³/mol. The van der Waals surface area contributed by atoms with E-state index in [-0.39, 0.29) is 24.0 Å². The van der Waals surface area contributed by atoms with Crippen molar-refractivity contribution < 1.29 is 0 Å². The fraction of sp³-hybridized carbons (Fsp3) is 0.941. The number of halogens is 1. The van der Waals surface area contributed by atoms with E-state index in [0.717, 1.165) is 12.5 Å². The van der Waals surface area contributed by atoms with Crippen LogP contribution in [0.4, 0.5) is 0 Å². The number of aliphatic imine (C=N–C) groups is 1. The Labute approximate surface area is 164 Å². The zero-order valence-electron chi connectivity index (χ0n) is 15.3. The summed E-state index contributed by atoms with van der Waals surface area (Å²) >= 11 is 0. The van der Waals surface area contributed by atoms with Crippen molar-refractivity contribution in [1.82, 2.24) is 25.3 Å². The Morgan fingerprint density at radius 1 is 1.08 bits per heavy atom. The Balaban J connectivity index is 0.00000208. The van der Waals surface area contributed by atoms with Crippen molar-refractivity contribution in [2.24, 2.45) is 4.99 Å². The molecule has 4 aliphatic rings. The molecule has 24 heavy (non-hydrogen) atoms. The number of nitrogens with zero attached hydrogens (tertiary/aromatic N) is 4. The molecule has 0 radical (unpaired) electrons. The predicted octanol–water partition coefficient (Wildman–Crippen LogP) is 0.644. The summed E-state index contributed by atoms with van der Waals surface area (Å²) in [6.45, 7) is 13.1. The van der Waals surface area contributed by atoms with Crippen LogP contribution in [-0.4, -0.2) is 98.7 Å². The maximum Gasteiger partial charge on any atom is 0.191 e. The van der Waals surface area contributed by atoms with Gasteiger partial charge in [0.15, 0.2) is 5.96 Å². The normalized spacial score (nSPS) is 31.6. The Kier molecular flexibility index (Phi) is 8.53. The largest absolute Gasteiger partial charge is 0.355 e. The molecule has 0 aliphatic carbocycles. The molecule has 2 N–H and O–H groups in total. The molecule has 0 aromatic rings. The lowest BCUT2D eigenvalue weighted by Crippen LogP contribution is -2.64. The zero-order valence-corrected chi connectivity index (χ0v) is 17.7. The van der Waals surface area contributed by atoms with Crippen molar-refractivity contribution in [3.63, 3.8) is 0 Å². The molecule has 6 nitrogen and oxygen atoms in total. The highest BCUT2D eigenvalue weighted by molar-refractivity contribution is 14.0. The molecular weight excluding hydrogens is 415 g/mol. The molecular formula is C17H35IN6. The van der Waals surface area contributed by atoms with Crippen LogP contribution in [0.3, 0.4) is 0 Å². The highest BCUT2D eigenvalue weighted by Gasteiger charge is 2.31. The van der Waals surface area contributed by atoms with Gasteiger partial charge in [0.2, 0.25) is 0 Å². The quantitative estimate of drug-likeness (QED) is 0.366. The maximum atomic E-state index is 4.43. The molecule has 7 heteroatoms. The highest BCUT2D eigenvalue weighted by Crippen LogP contribution is 2.15. The van der Waals surface area contributed by atoms with E-state index in [1.54, 1.807) is 0 Å². The van der Waals surface area contributed by atoms with Gasteiger partial charge in [0.1, 0.15) is 0 Å². The lowest BCUT2D eigenvalue weighted by molar-refractivity contribution is 0.0154.